The third-order valence-electron chi connectivity index (χ3n) is 5.66. The molecule has 3 rings (SSSR count). The summed E-state index contributed by atoms with van der Waals surface area (Å²) in [7, 11) is 3.82. The Morgan fingerprint density at radius 2 is 2.07 bits per heavy atom. The van der Waals surface area contributed by atoms with Gasteiger partial charge in [-0.25, -0.2) is 0 Å². The van der Waals surface area contributed by atoms with Crippen LogP contribution in [-0.4, -0.2) is 35.4 Å². The van der Waals surface area contributed by atoms with Crippen LogP contribution in [0.2, 0.25) is 5.02 Å². The Kier molecular flexibility index (Phi) is 7.79. The minimum absolute atomic E-state index is 0. The number of hydrogen-bond donors (Lipinski definition) is 2. The molecule has 0 aliphatic heterocycles. The quantitative estimate of drug-likeness (QED) is 0.345. The lowest BCUT2D eigenvalue weighted by Crippen LogP contribution is -2.45. The van der Waals surface area contributed by atoms with Crippen molar-refractivity contribution in [3.05, 3.63) is 51.8 Å². The molecule has 0 amide bonds. The number of rotatable bonds is 6. The Morgan fingerprint density at radius 3 is 2.61 bits per heavy atom. The van der Waals surface area contributed by atoms with Crippen molar-refractivity contribution in [2.75, 3.05) is 13.6 Å². The van der Waals surface area contributed by atoms with Gasteiger partial charge in [-0.15, -0.1) is 24.0 Å². The van der Waals surface area contributed by atoms with Crippen LogP contribution in [0.1, 0.15) is 42.3 Å². The van der Waals surface area contributed by atoms with E-state index in [2.05, 4.69) is 53.6 Å². The average Bonchev–Trinajstić information content (AvgIpc) is 3.39. The predicted octanol–water partition coefficient (Wildman–Crippen LogP) is 4.14. The van der Waals surface area contributed by atoms with Gasteiger partial charge in [0.05, 0.1) is 5.69 Å². The van der Waals surface area contributed by atoms with E-state index in [4.69, 9.17) is 11.6 Å². The molecule has 1 aromatic carbocycles. The molecule has 1 aliphatic carbocycles. The summed E-state index contributed by atoms with van der Waals surface area (Å²) in [5, 5.41) is 12.3. The molecule has 28 heavy (non-hydrogen) atoms. The maximum Gasteiger partial charge on any atom is 0.191 e. The third-order valence-corrected chi connectivity index (χ3v) is 5.90. The summed E-state index contributed by atoms with van der Waals surface area (Å²) in [4.78, 5) is 4.41. The average molecular weight is 516 g/mol. The summed E-state index contributed by atoms with van der Waals surface area (Å²) >= 11 is 6.18. The molecule has 1 atom stereocenters. The van der Waals surface area contributed by atoms with E-state index in [1.807, 2.05) is 30.9 Å². The standard InChI is InChI=1S/C21H30ClN5.HI/c1-14(11-19-15(2)26-27(5)16(19)3)25-20(23-4)24-13-21(9-10-21)17-7-6-8-18(22)12-17;/h6-8,12,14H,9-11,13H2,1-5H3,(H2,23,24,25);1H. The Morgan fingerprint density at radius 1 is 1.36 bits per heavy atom. The Hall–Kier alpha value is -1.28. The molecule has 2 aromatic rings. The van der Waals surface area contributed by atoms with Crippen molar-refractivity contribution in [1.82, 2.24) is 20.4 Å². The lowest BCUT2D eigenvalue weighted by atomic mass is 9.96. The van der Waals surface area contributed by atoms with Gasteiger partial charge >= 0.3 is 0 Å². The summed E-state index contributed by atoms with van der Waals surface area (Å²) in [6, 6.07) is 8.49. The Labute approximate surface area is 190 Å². The normalized spacial score (nSPS) is 16.3. The van der Waals surface area contributed by atoms with Crippen molar-refractivity contribution in [1.29, 1.82) is 0 Å². The fourth-order valence-electron chi connectivity index (χ4n) is 3.69. The first-order valence-electron chi connectivity index (χ1n) is 9.57. The number of aryl methyl sites for hydroxylation is 2. The zero-order valence-electron chi connectivity index (χ0n) is 17.3. The summed E-state index contributed by atoms with van der Waals surface area (Å²) < 4.78 is 1.95. The molecule has 1 aromatic heterocycles. The molecule has 0 radical (unpaired) electrons. The molecule has 1 fully saturated rings. The molecule has 0 saturated heterocycles. The van der Waals surface area contributed by atoms with E-state index in [1.165, 1.54) is 29.7 Å². The minimum Gasteiger partial charge on any atom is -0.356 e. The van der Waals surface area contributed by atoms with E-state index in [0.717, 1.165) is 29.6 Å². The van der Waals surface area contributed by atoms with E-state index in [9.17, 15) is 0 Å². The molecule has 0 bridgehead atoms. The topological polar surface area (TPSA) is 54.2 Å². The van der Waals surface area contributed by atoms with Crippen LogP contribution in [0.15, 0.2) is 29.3 Å². The number of hydrogen-bond acceptors (Lipinski definition) is 2. The van der Waals surface area contributed by atoms with E-state index in [0.29, 0.717) is 0 Å². The first kappa shape index (κ1) is 23.0. The summed E-state index contributed by atoms with van der Waals surface area (Å²) in [6.45, 7) is 7.24. The monoisotopic (exact) mass is 515 g/mol. The Bertz CT molecular complexity index is 841. The molecule has 154 valence electrons. The van der Waals surface area contributed by atoms with Crippen molar-refractivity contribution in [3.63, 3.8) is 0 Å². The maximum absolute atomic E-state index is 6.18. The van der Waals surface area contributed by atoms with Crippen molar-refractivity contribution < 1.29 is 0 Å². The van der Waals surface area contributed by atoms with Crippen LogP contribution in [0.25, 0.3) is 0 Å². The number of nitrogens with one attached hydrogen (secondary N) is 2. The number of guanidine groups is 1. The molecule has 5 nitrogen and oxygen atoms in total. The highest BCUT2D eigenvalue weighted by Crippen LogP contribution is 2.48. The maximum atomic E-state index is 6.18. The molecule has 0 spiro atoms. The van der Waals surface area contributed by atoms with Crippen molar-refractivity contribution in [2.45, 2.75) is 51.5 Å². The largest absolute Gasteiger partial charge is 0.356 e. The number of halogens is 2. The van der Waals surface area contributed by atoms with Gasteiger partial charge in [0.2, 0.25) is 0 Å². The lowest BCUT2D eigenvalue weighted by molar-refractivity contribution is 0.607. The van der Waals surface area contributed by atoms with Crippen LogP contribution < -0.4 is 10.6 Å². The van der Waals surface area contributed by atoms with Gasteiger partial charge in [0.1, 0.15) is 0 Å². The molecule has 2 N–H and O–H groups in total. The first-order valence-corrected chi connectivity index (χ1v) is 9.95. The third kappa shape index (κ3) is 5.20. The van der Waals surface area contributed by atoms with Crippen LogP contribution >= 0.6 is 35.6 Å². The number of aromatic nitrogens is 2. The second-order valence-electron chi connectivity index (χ2n) is 7.74. The summed E-state index contributed by atoms with van der Waals surface area (Å²) in [5.74, 6) is 0.843. The Balaban J connectivity index is 0.00000280. The molecule has 1 saturated carbocycles. The first-order chi connectivity index (χ1) is 12.8. The van der Waals surface area contributed by atoms with Crippen LogP contribution in [0.5, 0.6) is 0 Å². The second kappa shape index (κ2) is 9.48. The van der Waals surface area contributed by atoms with E-state index in [-0.39, 0.29) is 35.4 Å². The van der Waals surface area contributed by atoms with Crippen molar-refractivity contribution in [2.24, 2.45) is 12.0 Å². The van der Waals surface area contributed by atoms with Gasteiger partial charge < -0.3 is 10.6 Å². The van der Waals surface area contributed by atoms with Gasteiger partial charge in [-0.3, -0.25) is 9.67 Å². The van der Waals surface area contributed by atoms with Crippen LogP contribution in [-0.2, 0) is 18.9 Å². The molecule has 1 aliphatic rings. The number of benzene rings is 1. The van der Waals surface area contributed by atoms with Crippen LogP contribution in [0.4, 0.5) is 0 Å². The second-order valence-corrected chi connectivity index (χ2v) is 8.18. The van der Waals surface area contributed by atoms with Gasteiger partial charge in [-0.05, 0) is 63.3 Å². The van der Waals surface area contributed by atoms with Gasteiger partial charge in [0.15, 0.2) is 5.96 Å². The summed E-state index contributed by atoms with van der Waals surface area (Å²) in [6.07, 6.45) is 3.29. The van der Waals surface area contributed by atoms with Gasteiger partial charge in [0.25, 0.3) is 0 Å². The van der Waals surface area contributed by atoms with Gasteiger partial charge in [0, 0.05) is 42.8 Å². The van der Waals surface area contributed by atoms with E-state index in [1.54, 1.807) is 0 Å². The van der Waals surface area contributed by atoms with E-state index < -0.39 is 0 Å². The predicted molar refractivity (Wildman–Crippen MR) is 128 cm³/mol. The smallest absolute Gasteiger partial charge is 0.191 e. The lowest BCUT2D eigenvalue weighted by Gasteiger charge is -2.22. The highest BCUT2D eigenvalue weighted by Gasteiger charge is 2.44. The van der Waals surface area contributed by atoms with Crippen molar-refractivity contribution in [3.8, 4) is 0 Å². The zero-order valence-corrected chi connectivity index (χ0v) is 20.4. The van der Waals surface area contributed by atoms with Gasteiger partial charge in [-0.1, -0.05) is 23.7 Å². The summed E-state index contributed by atoms with van der Waals surface area (Å²) in [5.41, 5.74) is 5.13. The zero-order chi connectivity index (χ0) is 19.6. The van der Waals surface area contributed by atoms with Crippen LogP contribution in [0.3, 0.4) is 0 Å². The molecular formula is C21H31ClIN5. The van der Waals surface area contributed by atoms with E-state index >= 15 is 0 Å². The SMILES string of the molecule is CN=C(NCC1(c2cccc(Cl)c2)CC1)NC(C)Cc1c(C)nn(C)c1C.I. The number of nitrogens with zero attached hydrogens (tertiary/aromatic N) is 3. The number of aliphatic imine (C=N–C) groups is 1. The van der Waals surface area contributed by atoms with Crippen LogP contribution in [0, 0.1) is 13.8 Å². The fraction of sp³-hybridized carbons (Fsp3) is 0.524. The molecule has 1 heterocycles. The highest BCUT2D eigenvalue weighted by atomic mass is 127. The molecule has 1 unspecified atom stereocenters. The highest BCUT2D eigenvalue weighted by molar-refractivity contribution is 14.0. The van der Waals surface area contributed by atoms with Crippen molar-refractivity contribution >= 4 is 41.5 Å². The molecular weight excluding hydrogens is 485 g/mol. The molecule has 7 heteroatoms. The minimum atomic E-state index is 0. The van der Waals surface area contributed by atoms with Gasteiger partial charge in [-0.2, -0.15) is 5.10 Å². The fourth-order valence-corrected chi connectivity index (χ4v) is 3.88.